The quantitative estimate of drug-likeness (QED) is 0.259. The van der Waals surface area contributed by atoms with E-state index in [2.05, 4.69) is 15.3 Å². The third-order valence-corrected chi connectivity index (χ3v) is 5.86. The summed E-state index contributed by atoms with van der Waals surface area (Å²) in [5.41, 5.74) is -0.139. The van der Waals surface area contributed by atoms with Gasteiger partial charge >= 0.3 is 11.4 Å². The minimum absolute atomic E-state index is 0.0281. The van der Waals surface area contributed by atoms with Crippen LogP contribution in [-0.2, 0) is 13.1 Å². The van der Waals surface area contributed by atoms with Crippen LogP contribution in [0.1, 0.15) is 5.56 Å². The van der Waals surface area contributed by atoms with Crippen molar-refractivity contribution in [2.24, 2.45) is 5.92 Å². The number of rotatable bonds is 10. The first-order valence-electron chi connectivity index (χ1n) is 11.2. The second-order valence-electron chi connectivity index (χ2n) is 8.12. The van der Waals surface area contributed by atoms with Crippen molar-refractivity contribution >= 4 is 34.8 Å². The van der Waals surface area contributed by atoms with Gasteiger partial charge in [0.1, 0.15) is 16.7 Å². The first-order chi connectivity index (χ1) is 17.9. The molecule has 0 spiro atoms. The molecular weight excluding hydrogens is 521 g/mol. The van der Waals surface area contributed by atoms with Gasteiger partial charge in [0, 0.05) is 48.6 Å². The minimum atomic E-state index is -0.804. The van der Waals surface area contributed by atoms with Gasteiger partial charge in [-0.3, -0.25) is 4.57 Å². The van der Waals surface area contributed by atoms with Crippen LogP contribution in [0.4, 0.5) is 11.6 Å². The lowest BCUT2D eigenvalue weighted by molar-refractivity contribution is 0.134. The van der Waals surface area contributed by atoms with Gasteiger partial charge in [-0.2, -0.15) is 4.98 Å². The number of aromatic nitrogens is 4. The Hall–Kier alpha value is -3.70. The number of nitrogens with zero attached hydrogens (tertiary/aromatic N) is 4. The molecule has 192 valence electrons. The Morgan fingerprint density at radius 1 is 0.919 bits per heavy atom. The zero-order valence-electron chi connectivity index (χ0n) is 19.4. The van der Waals surface area contributed by atoms with E-state index in [-0.39, 0.29) is 32.3 Å². The fourth-order valence-electron chi connectivity index (χ4n) is 3.45. The van der Waals surface area contributed by atoms with E-state index >= 15 is 0 Å². The van der Waals surface area contributed by atoms with Gasteiger partial charge in [0.15, 0.2) is 0 Å². The van der Waals surface area contributed by atoms with E-state index in [1.165, 1.54) is 10.8 Å². The first kappa shape index (κ1) is 26.4. The van der Waals surface area contributed by atoms with Crippen molar-refractivity contribution in [2.45, 2.75) is 13.1 Å². The number of hydrogen-bond donors (Lipinski definition) is 3. The fraction of sp³-hybridized carbons (Fsp3) is 0.200. The van der Waals surface area contributed by atoms with Crippen molar-refractivity contribution in [3.05, 3.63) is 104 Å². The van der Waals surface area contributed by atoms with Gasteiger partial charge in [0.05, 0.1) is 6.54 Å². The molecule has 0 aliphatic heterocycles. The average Bonchev–Trinajstić information content (AvgIpc) is 2.89. The van der Waals surface area contributed by atoms with Crippen LogP contribution >= 0.6 is 23.2 Å². The maximum atomic E-state index is 13.3. The molecular formula is C25H23Cl2N5O5. The Labute approximate surface area is 221 Å². The zero-order chi connectivity index (χ0) is 26.4. The highest BCUT2D eigenvalue weighted by Crippen LogP contribution is 2.25. The van der Waals surface area contributed by atoms with Gasteiger partial charge in [0.2, 0.25) is 5.95 Å². The standard InChI is InChI=1S/C25H23Cl2N5O5/c26-18-3-1-16(2-4-18)12-31-23(30-24(35)32(25(31)36)13-17(14-33)15-34)29-19-5-7-20(8-6-19)37-21-9-10-28-22(27)11-21/h1-11,17,33-34H,12-15H2,(H,29,30,35). The predicted octanol–water partition coefficient (Wildman–Crippen LogP) is 3.29. The molecule has 4 rings (SSSR count). The summed E-state index contributed by atoms with van der Waals surface area (Å²) in [6, 6.07) is 17.0. The van der Waals surface area contributed by atoms with Crippen molar-refractivity contribution in [3.63, 3.8) is 0 Å². The molecule has 10 nitrogen and oxygen atoms in total. The van der Waals surface area contributed by atoms with Crippen molar-refractivity contribution in [1.82, 2.24) is 19.1 Å². The van der Waals surface area contributed by atoms with E-state index in [1.807, 2.05) is 0 Å². The van der Waals surface area contributed by atoms with Crippen LogP contribution in [0.5, 0.6) is 11.5 Å². The third-order valence-electron chi connectivity index (χ3n) is 5.41. The lowest BCUT2D eigenvalue weighted by Crippen LogP contribution is -2.44. The summed E-state index contributed by atoms with van der Waals surface area (Å²) in [5, 5.41) is 22.7. The summed E-state index contributed by atoms with van der Waals surface area (Å²) >= 11 is 11.9. The lowest BCUT2D eigenvalue weighted by Gasteiger charge is -2.18. The van der Waals surface area contributed by atoms with Crippen molar-refractivity contribution in [2.75, 3.05) is 18.5 Å². The van der Waals surface area contributed by atoms with E-state index in [4.69, 9.17) is 27.9 Å². The molecule has 2 heterocycles. The molecule has 0 unspecified atom stereocenters. The monoisotopic (exact) mass is 543 g/mol. The Kier molecular flexibility index (Phi) is 8.57. The molecule has 2 aromatic heterocycles. The number of halogens is 2. The van der Waals surface area contributed by atoms with Gasteiger partial charge in [-0.1, -0.05) is 35.3 Å². The molecule has 3 N–H and O–H groups in total. The predicted molar refractivity (Wildman–Crippen MR) is 140 cm³/mol. The normalized spacial score (nSPS) is 11.1. The van der Waals surface area contributed by atoms with Crippen LogP contribution in [0.2, 0.25) is 10.2 Å². The van der Waals surface area contributed by atoms with Crippen LogP contribution < -0.4 is 21.4 Å². The smallest absolute Gasteiger partial charge is 0.354 e. The topological polar surface area (TPSA) is 132 Å². The van der Waals surface area contributed by atoms with Crippen molar-refractivity contribution in [1.29, 1.82) is 0 Å². The molecule has 4 aromatic rings. The van der Waals surface area contributed by atoms with Gasteiger partial charge < -0.3 is 20.3 Å². The second kappa shape index (κ2) is 12.0. The summed E-state index contributed by atoms with van der Waals surface area (Å²) in [5.74, 6) is 0.402. The van der Waals surface area contributed by atoms with Crippen molar-refractivity contribution in [3.8, 4) is 11.5 Å². The highest BCUT2D eigenvalue weighted by atomic mass is 35.5. The molecule has 0 bridgehead atoms. The van der Waals surface area contributed by atoms with Crippen LogP contribution in [0, 0.1) is 5.92 Å². The van der Waals surface area contributed by atoms with E-state index in [9.17, 15) is 19.8 Å². The number of pyridine rings is 1. The molecule has 0 saturated carbocycles. The van der Waals surface area contributed by atoms with Gasteiger partial charge in [-0.05, 0) is 48.0 Å². The largest absolute Gasteiger partial charge is 0.457 e. The molecule has 0 aliphatic carbocycles. The van der Waals surface area contributed by atoms with Crippen LogP contribution in [0.15, 0.2) is 76.4 Å². The fourth-order valence-corrected chi connectivity index (χ4v) is 3.74. The number of nitrogens with one attached hydrogen (secondary N) is 1. The van der Waals surface area contributed by atoms with Crippen LogP contribution in [0.3, 0.4) is 0 Å². The summed E-state index contributed by atoms with van der Waals surface area (Å²) in [7, 11) is 0. The summed E-state index contributed by atoms with van der Waals surface area (Å²) in [6.07, 6.45) is 1.53. The number of aliphatic hydroxyl groups excluding tert-OH is 2. The Morgan fingerprint density at radius 3 is 2.27 bits per heavy atom. The Bertz CT molecular complexity index is 1470. The first-order valence-corrected chi connectivity index (χ1v) is 12.0. The van der Waals surface area contributed by atoms with Gasteiger partial charge in [-0.25, -0.2) is 19.1 Å². The Balaban J connectivity index is 1.65. The molecule has 37 heavy (non-hydrogen) atoms. The van der Waals surface area contributed by atoms with Gasteiger partial charge in [-0.15, -0.1) is 0 Å². The van der Waals surface area contributed by atoms with Crippen molar-refractivity contribution < 1.29 is 14.9 Å². The summed E-state index contributed by atoms with van der Waals surface area (Å²) < 4.78 is 7.96. The summed E-state index contributed by atoms with van der Waals surface area (Å²) in [6.45, 7) is -0.860. The summed E-state index contributed by atoms with van der Waals surface area (Å²) in [4.78, 5) is 34.1. The number of benzene rings is 2. The third kappa shape index (κ3) is 6.75. The molecule has 0 fully saturated rings. The Morgan fingerprint density at radius 2 is 1.62 bits per heavy atom. The average molecular weight is 544 g/mol. The maximum absolute atomic E-state index is 13.3. The maximum Gasteiger partial charge on any atom is 0.354 e. The molecule has 0 amide bonds. The van der Waals surface area contributed by atoms with Crippen LogP contribution in [0.25, 0.3) is 0 Å². The molecule has 12 heteroatoms. The molecule has 0 aliphatic rings. The number of hydrogen-bond acceptors (Lipinski definition) is 8. The zero-order valence-corrected chi connectivity index (χ0v) is 20.9. The highest BCUT2D eigenvalue weighted by molar-refractivity contribution is 6.30. The van der Waals surface area contributed by atoms with Gasteiger partial charge in [0.25, 0.3) is 0 Å². The number of aliphatic hydroxyl groups is 2. The number of anilines is 2. The van der Waals surface area contributed by atoms with E-state index in [0.29, 0.717) is 27.4 Å². The molecule has 0 atom stereocenters. The SMILES string of the molecule is O=c1nc(Nc2ccc(Oc3ccnc(Cl)c3)cc2)n(Cc2ccc(Cl)cc2)c(=O)n1CC(CO)CO. The van der Waals surface area contributed by atoms with E-state index in [0.717, 1.165) is 10.1 Å². The molecule has 2 aromatic carbocycles. The van der Waals surface area contributed by atoms with E-state index < -0.39 is 17.3 Å². The highest BCUT2D eigenvalue weighted by Gasteiger charge is 2.17. The molecule has 0 saturated heterocycles. The second-order valence-corrected chi connectivity index (χ2v) is 8.94. The molecule has 0 radical (unpaired) electrons. The minimum Gasteiger partial charge on any atom is -0.457 e. The van der Waals surface area contributed by atoms with Crippen LogP contribution in [-0.4, -0.2) is 42.5 Å². The van der Waals surface area contributed by atoms with E-state index in [1.54, 1.807) is 60.7 Å². The number of ether oxygens (including phenoxy) is 1. The lowest BCUT2D eigenvalue weighted by atomic mass is 10.2.